The van der Waals surface area contributed by atoms with Crippen LogP contribution in [0.3, 0.4) is 0 Å². The first-order valence-electron chi connectivity index (χ1n) is 8.14. The number of anilines is 1. The van der Waals surface area contributed by atoms with Crippen LogP contribution in [-0.2, 0) is 11.8 Å². The third kappa shape index (κ3) is 4.22. The average molecular weight is 384 g/mol. The topological polar surface area (TPSA) is 76.9 Å². The van der Waals surface area contributed by atoms with Crippen LogP contribution in [0.1, 0.15) is 17.3 Å². The first-order valence-corrected chi connectivity index (χ1v) is 9.13. The maximum absolute atomic E-state index is 13.9. The molecular weight excluding hydrogens is 367 g/mol. The number of thioether (sulfide) groups is 1. The Balaban J connectivity index is 1.69. The number of benzene rings is 2. The quantitative estimate of drug-likeness (QED) is 0.519. The zero-order valence-corrected chi connectivity index (χ0v) is 15.6. The van der Waals surface area contributed by atoms with Crippen LogP contribution in [0.2, 0.25) is 0 Å². The molecule has 1 heterocycles. The summed E-state index contributed by atoms with van der Waals surface area (Å²) in [5.41, 5.74) is 1.27. The van der Waals surface area contributed by atoms with Gasteiger partial charge >= 0.3 is 0 Å². The third-order valence-corrected chi connectivity index (χ3v) is 4.88. The van der Waals surface area contributed by atoms with Crippen LogP contribution in [0, 0.1) is 5.82 Å². The molecule has 0 bridgehead atoms. The molecular formula is C19H17FN4O2S. The lowest BCUT2D eigenvalue weighted by molar-refractivity contribution is -0.113. The molecule has 1 N–H and O–H groups in total. The highest BCUT2D eigenvalue weighted by Gasteiger charge is 2.16. The van der Waals surface area contributed by atoms with Crippen molar-refractivity contribution in [1.82, 2.24) is 14.8 Å². The third-order valence-electron chi connectivity index (χ3n) is 3.86. The van der Waals surface area contributed by atoms with Crippen molar-refractivity contribution in [2.24, 2.45) is 7.05 Å². The summed E-state index contributed by atoms with van der Waals surface area (Å²) in [6.07, 6.45) is 0. The van der Waals surface area contributed by atoms with E-state index in [0.29, 0.717) is 27.8 Å². The predicted octanol–water partition coefficient (Wildman–Crippen LogP) is 3.55. The minimum absolute atomic E-state index is 0.0789. The van der Waals surface area contributed by atoms with E-state index in [1.165, 1.54) is 24.8 Å². The van der Waals surface area contributed by atoms with Crippen LogP contribution in [-0.4, -0.2) is 32.2 Å². The van der Waals surface area contributed by atoms with Crippen LogP contribution in [0.25, 0.3) is 11.4 Å². The highest BCUT2D eigenvalue weighted by Crippen LogP contribution is 2.25. The van der Waals surface area contributed by atoms with Crippen molar-refractivity contribution >= 4 is 29.1 Å². The van der Waals surface area contributed by atoms with E-state index in [4.69, 9.17) is 0 Å². The largest absolute Gasteiger partial charge is 0.325 e. The van der Waals surface area contributed by atoms with Gasteiger partial charge in [0.15, 0.2) is 16.8 Å². The fourth-order valence-electron chi connectivity index (χ4n) is 2.53. The fraction of sp³-hybridized carbons (Fsp3) is 0.158. The second-order valence-corrected chi connectivity index (χ2v) is 6.73. The average Bonchev–Trinajstić information content (AvgIpc) is 3.01. The molecule has 0 radical (unpaired) electrons. The zero-order valence-electron chi connectivity index (χ0n) is 14.8. The number of nitrogens with zero attached hydrogens (tertiary/aromatic N) is 3. The predicted molar refractivity (Wildman–Crippen MR) is 102 cm³/mol. The van der Waals surface area contributed by atoms with Gasteiger partial charge in [-0.3, -0.25) is 9.59 Å². The molecule has 8 heteroatoms. The molecule has 0 aliphatic rings. The van der Waals surface area contributed by atoms with E-state index in [0.717, 1.165) is 0 Å². The molecule has 1 aromatic heterocycles. The number of hydrogen-bond donors (Lipinski definition) is 1. The summed E-state index contributed by atoms with van der Waals surface area (Å²) in [4.78, 5) is 23.9. The fourth-order valence-corrected chi connectivity index (χ4v) is 3.24. The Hall–Kier alpha value is -3.00. The number of halogens is 1. The number of carbonyl (C=O) groups excluding carboxylic acids is 2. The summed E-state index contributed by atoms with van der Waals surface area (Å²) in [7, 11) is 1.72. The normalized spacial score (nSPS) is 10.6. The van der Waals surface area contributed by atoms with Gasteiger partial charge in [-0.2, -0.15) is 0 Å². The highest BCUT2D eigenvalue weighted by molar-refractivity contribution is 7.99. The number of aromatic nitrogens is 3. The Labute approximate surface area is 159 Å². The molecule has 0 unspecified atom stereocenters. The molecule has 138 valence electrons. The monoisotopic (exact) mass is 384 g/mol. The lowest BCUT2D eigenvalue weighted by atomic mass is 10.1. The minimum atomic E-state index is -0.386. The lowest BCUT2D eigenvalue weighted by Gasteiger charge is -2.09. The molecule has 0 spiro atoms. The zero-order chi connectivity index (χ0) is 19.4. The summed E-state index contributed by atoms with van der Waals surface area (Å²) in [6.45, 7) is 1.45. The van der Waals surface area contributed by atoms with E-state index in [9.17, 15) is 14.0 Å². The molecule has 0 saturated heterocycles. The number of amides is 1. The van der Waals surface area contributed by atoms with E-state index in [-0.39, 0.29) is 23.3 Å². The molecule has 0 aliphatic carbocycles. The highest BCUT2D eigenvalue weighted by atomic mass is 32.2. The van der Waals surface area contributed by atoms with Gasteiger partial charge in [0.1, 0.15) is 5.82 Å². The Morgan fingerprint density at radius 3 is 2.56 bits per heavy atom. The van der Waals surface area contributed by atoms with Crippen molar-refractivity contribution in [1.29, 1.82) is 0 Å². The number of rotatable bonds is 6. The van der Waals surface area contributed by atoms with E-state index < -0.39 is 0 Å². The number of carbonyl (C=O) groups is 2. The van der Waals surface area contributed by atoms with Gasteiger partial charge in [-0.25, -0.2) is 4.39 Å². The van der Waals surface area contributed by atoms with Crippen molar-refractivity contribution < 1.29 is 14.0 Å². The standard InChI is InChI=1S/C19H17FN4O2S/c1-12(25)13-7-4-6-10-16(13)21-17(26)11-27-19-23-22-18(24(19)2)14-8-3-5-9-15(14)20/h3-10H,11H2,1-2H3,(H,21,26). The van der Waals surface area contributed by atoms with Crippen LogP contribution >= 0.6 is 11.8 Å². The van der Waals surface area contributed by atoms with Crippen LogP contribution < -0.4 is 5.32 Å². The second-order valence-electron chi connectivity index (χ2n) is 5.78. The molecule has 2 aromatic carbocycles. The Bertz CT molecular complexity index is 1000. The van der Waals surface area contributed by atoms with E-state index >= 15 is 0 Å². The maximum Gasteiger partial charge on any atom is 0.234 e. The summed E-state index contributed by atoms with van der Waals surface area (Å²) < 4.78 is 15.6. The van der Waals surface area contributed by atoms with Gasteiger partial charge < -0.3 is 9.88 Å². The molecule has 0 atom stereocenters. The number of ketones is 1. The van der Waals surface area contributed by atoms with Crippen LogP contribution in [0.15, 0.2) is 53.7 Å². The molecule has 6 nitrogen and oxygen atoms in total. The van der Waals surface area contributed by atoms with E-state index in [1.807, 2.05) is 0 Å². The summed E-state index contributed by atoms with van der Waals surface area (Å²) in [5.74, 6) is -0.318. The SMILES string of the molecule is CC(=O)c1ccccc1NC(=O)CSc1nnc(-c2ccccc2F)n1C. The molecule has 27 heavy (non-hydrogen) atoms. The van der Waals surface area contributed by atoms with Crippen molar-refractivity contribution in [3.8, 4) is 11.4 Å². The van der Waals surface area contributed by atoms with Gasteiger partial charge in [-0.15, -0.1) is 10.2 Å². The first-order chi connectivity index (χ1) is 13.0. The van der Waals surface area contributed by atoms with E-state index in [1.54, 1.807) is 54.1 Å². The second kappa shape index (κ2) is 8.13. The number of para-hydroxylation sites is 1. The smallest absolute Gasteiger partial charge is 0.234 e. The number of Topliss-reactive ketones (excluding diaryl/α,β-unsaturated/α-hetero) is 1. The lowest BCUT2D eigenvalue weighted by Crippen LogP contribution is -2.16. The molecule has 3 aromatic rings. The summed E-state index contributed by atoms with van der Waals surface area (Å²) in [5, 5.41) is 11.3. The maximum atomic E-state index is 13.9. The van der Waals surface area contributed by atoms with Gasteiger partial charge in [-0.05, 0) is 31.2 Å². The molecule has 1 amide bonds. The van der Waals surface area contributed by atoms with Gasteiger partial charge in [0.25, 0.3) is 0 Å². The minimum Gasteiger partial charge on any atom is -0.325 e. The van der Waals surface area contributed by atoms with Gasteiger partial charge in [0, 0.05) is 12.6 Å². The van der Waals surface area contributed by atoms with Crippen LogP contribution in [0.4, 0.5) is 10.1 Å². The molecule has 0 aliphatic heterocycles. The first kappa shape index (κ1) is 18.8. The summed E-state index contributed by atoms with van der Waals surface area (Å²) in [6, 6.07) is 13.1. The van der Waals surface area contributed by atoms with Crippen molar-refractivity contribution in [3.63, 3.8) is 0 Å². The van der Waals surface area contributed by atoms with Gasteiger partial charge in [0.2, 0.25) is 5.91 Å². The molecule has 0 saturated carbocycles. The number of hydrogen-bond acceptors (Lipinski definition) is 5. The molecule has 3 rings (SSSR count). The van der Waals surface area contributed by atoms with Crippen molar-refractivity contribution in [2.45, 2.75) is 12.1 Å². The number of nitrogens with one attached hydrogen (secondary N) is 1. The van der Waals surface area contributed by atoms with Crippen molar-refractivity contribution in [2.75, 3.05) is 11.1 Å². The van der Waals surface area contributed by atoms with Crippen molar-refractivity contribution in [3.05, 3.63) is 59.9 Å². The van der Waals surface area contributed by atoms with Gasteiger partial charge in [-0.1, -0.05) is 36.0 Å². The Morgan fingerprint density at radius 2 is 1.81 bits per heavy atom. The van der Waals surface area contributed by atoms with E-state index in [2.05, 4.69) is 15.5 Å². The Morgan fingerprint density at radius 1 is 1.11 bits per heavy atom. The Kier molecular flexibility index (Phi) is 5.66. The summed E-state index contributed by atoms with van der Waals surface area (Å²) >= 11 is 1.18. The van der Waals surface area contributed by atoms with Gasteiger partial charge in [0.05, 0.1) is 17.0 Å². The molecule has 0 fully saturated rings. The van der Waals surface area contributed by atoms with Crippen LogP contribution in [0.5, 0.6) is 0 Å².